The smallest absolute Gasteiger partial charge is 0.250 e. The van der Waals surface area contributed by atoms with E-state index in [9.17, 15) is 21.6 Å². The molecule has 0 spiro atoms. The first-order valence-corrected chi connectivity index (χ1v) is 7.59. The van der Waals surface area contributed by atoms with E-state index < -0.39 is 21.9 Å². The van der Waals surface area contributed by atoms with Gasteiger partial charge in [-0.2, -0.15) is 17.5 Å². The Kier molecular flexibility index (Phi) is 5.15. The van der Waals surface area contributed by atoms with Gasteiger partial charge in [0.05, 0.1) is 0 Å². The van der Waals surface area contributed by atoms with Crippen molar-refractivity contribution in [2.75, 3.05) is 7.05 Å². The molecule has 1 aromatic rings. The van der Waals surface area contributed by atoms with E-state index in [-0.39, 0.29) is 10.9 Å². The Bertz CT molecular complexity index is 537. The third-order valence-corrected chi connectivity index (χ3v) is 5.05. The molecule has 0 fully saturated rings. The largest absolute Gasteiger partial charge is 0.433 e. The van der Waals surface area contributed by atoms with E-state index in [0.29, 0.717) is 18.9 Å². The van der Waals surface area contributed by atoms with Crippen LogP contribution in [-0.2, 0) is 16.2 Å². The Morgan fingerprint density at radius 2 is 1.80 bits per heavy atom. The van der Waals surface area contributed by atoms with Crippen molar-refractivity contribution in [3.8, 4) is 0 Å². The zero-order chi connectivity index (χ0) is 15.6. The summed E-state index contributed by atoms with van der Waals surface area (Å²) in [6.07, 6.45) is -2.58. The minimum atomic E-state index is -4.58. The van der Waals surface area contributed by atoms with Crippen molar-refractivity contribution in [3.05, 3.63) is 24.0 Å². The molecule has 0 amide bonds. The van der Waals surface area contributed by atoms with Gasteiger partial charge >= 0.3 is 6.18 Å². The molecule has 4 nitrogen and oxygen atoms in total. The van der Waals surface area contributed by atoms with Crippen LogP contribution in [0.5, 0.6) is 0 Å². The van der Waals surface area contributed by atoms with Gasteiger partial charge in [-0.15, -0.1) is 0 Å². The fourth-order valence-electron chi connectivity index (χ4n) is 1.87. The minimum absolute atomic E-state index is 0.192. The molecule has 0 unspecified atom stereocenters. The van der Waals surface area contributed by atoms with Crippen LogP contribution in [0.3, 0.4) is 0 Å². The first-order valence-electron chi connectivity index (χ1n) is 6.15. The summed E-state index contributed by atoms with van der Waals surface area (Å²) in [7, 11) is -2.40. The molecule has 0 atom stereocenters. The van der Waals surface area contributed by atoms with Gasteiger partial charge in [0.25, 0.3) is 0 Å². The van der Waals surface area contributed by atoms with Crippen LogP contribution in [0.1, 0.15) is 32.4 Å². The maximum atomic E-state index is 12.4. The first kappa shape index (κ1) is 16.9. The summed E-state index contributed by atoms with van der Waals surface area (Å²) < 4.78 is 62.9. The average Bonchev–Trinajstić information content (AvgIpc) is 2.39. The monoisotopic (exact) mass is 310 g/mol. The lowest BCUT2D eigenvalue weighted by Gasteiger charge is -2.25. The van der Waals surface area contributed by atoms with Crippen molar-refractivity contribution < 1.29 is 21.6 Å². The minimum Gasteiger partial charge on any atom is -0.250 e. The topological polar surface area (TPSA) is 50.3 Å². The molecule has 20 heavy (non-hydrogen) atoms. The van der Waals surface area contributed by atoms with E-state index in [1.165, 1.54) is 11.4 Å². The molecule has 0 saturated carbocycles. The van der Waals surface area contributed by atoms with Crippen LogP contribution in [0.4, 0.5) is 13.2 Å². The lowest BCUT2D eigenvalue weighted by atomic mass is 10.2. The van der Waals surface area contributed by atoms with Crippen molar-refractivity contribution in [3.63, 3.8) is 0 Å². The summed E-state index contributed by atoms with van der Waals surface area (Å²) >= 11 is 0. The predicted octanol–water partition coefficient (Wildman–Crippen LogP) is 2.91. The fraction of sp³-hybridized carbons (Fsp3) is 0.583. The van der Waals surface area contributed by atoms with Crippen LogP contribution in [0, 0.1) is 0 Å². The van der Waals surface area contributed by atoms with Gasteiger partial charge in [-0.1, -0.05) is 13.8 Å². The quantitative estimate of drug-likeness (QED) is 0.840. The van der Waals surface area contributed by atoms with Crippen molar-refractivity contribution in [1.29, 1.82) is 0 Å². The summed E-state index contributed by atoms with van der Waals surface area (Å²) in [4.78, 5) is 2.94. The lowest BCUT2D eigenvalue weighted by molar-refractivity contribution is -0.141. The normalized spacial score (nSPS) is 13.2. The number of rotatable bonds is 5. The fourth-order valence-corrected chi connectivity index (χ4v) is 3.32. The van der Waals surface area contributed by atoms with Gasteiger partial charge in [0.1, 0.15) is 10.6 Å². The molecular formula is C12H17F3N2O2S. The second-order valence-electron chi connectivity index (χ2n) is 4.37. The number of nitrogens with zero attached hydrogens (tertiary/aromatic N) is 2. The number of hydrogen-bond donors (Lipinski definition) is 0. The van der Waals surface area contributed by atoms with E-state index in [4.69, 9.17) is 0 Å². The van der Waals surface area contributed by atoms with Crippen molar-refractivity contribution in [2.24, 2.45) is 0 Å². The maximum Gasteiger partial charge on any atom is 0.433 e. The molecule has 0 bridgehead atoms. The Morgan fingerprint density at radius 1 is 1.25 bits per heavy atom. The summed E-state index contributed by atoms with van der Waals surface area (Å²) in [5, 5.41) is 0. The molecule has 114 valence electrons. The molecule has 0 aliphatic carbocycles. The van der Waals surface area contributed by atoms with E-state index in [0.717, 1.165) is 12.3 Å². The molecule has 1 rings (SSSR count). The summed E-state index contributed by atoms with van der Waals surface area (Å²) in [6.45, 7) is 3.70. The second-order valence-corrected chi connectivity index (χ2v) is 6.37. The van der Waals surface area contributed by atoms with Gasteiger partial charge in [-0.25, -0.2) is 8.42 Å². The van der Waals surface area contributed by atoms with Crippen LogP contribution < -0.4 is 0 Å². The molecule has 0 aromatic carbocycles. The number of halogens is 3. The molecule has 0 saturated heterocycles. The van der Waals surface area contributed by atoms with Crippen LogP contribution in [-0.4, -0.2) is 30.8 Å². The second kappa shape index (κ2) is 6.09. The highest BCUT2D eigenvalue weighted by atomic mass is 32.2. The molecule has 1 heterocycles. The predicted molar refractivity (Wildman–Crippen MR) is 68.6 cm³/mol. The molecule has 0 aliphatic rings. The molecule has 8 heteroatoms. The Labute approximate surface area is 116 Å². The Hall–Kier alpha value is -1.15. The number of hydrogen-bond acceptors (Lipinski definition) is 3. The third kappa shape index (κ3) is 3.49. The number of aromatic nitrogens is 1. The number of alkyl halides is 3. The molecule has 0 radical (unpaired) electrons. The maximum absolute atomic E-state index is 12.4. The van der Waals surface area contributed by atoms with Gasteiger partial charge in [-0.05, 0) is 25.0 Å². The highest BCUT2D eigenvalue weighted by Gasteiger charge is 2.33. The summed E-state index contributed by atoms with van der Waals surface area (Å²) in [5.41, 5.74) is -1.11. The average molecular weight is 310 g/mol. The van der Waals surface area contributed by atoms with Gasteiger partial charge < -0.3 is 0 Å². The van der Waals surface area contributed by atoms with Crippen molar-refractivity contribution in [1.82, 2.24) is 9.29 Å². The van der Waals surface area contributed by atoms with Crippen LogP contribution >= 0.6 is 0 Å². The highest BCUT2D eigenvalue weighted by Crippen LogP contribution is 2.28. The van der Waals surface area contributed by atoms with Gasteiger partial charge in [-0.3, -0.25) is 4.98 Å². The molecule has 0 aliphatic heterocycles. The zero-order valence-corrected chi connectivity index (χ0v) is 12.3. The lowest BCUT2D eigenvalue weighted by Crippen LogP contribution is -2.36. The van der Waals surface area contributed by atoms with Crippen molar-refractivity contribution >= 4 is 10.0 Å². The van der Waals surface area contributed by atoms with Crippen molar-refractivity contribution in [2.45, 2.75) is 43.8 Å². The van der Waals surface area contributed by atoms with E-state index >= 15 is 0 Å². The van der Waals surface area contributed by atoms with E-state index in [1.807, 2.05) is 13.8 Å². The third-order valence-electron chi connectivity index (χ3n) is 3.16. The molecule has 1 aromatic heterocycles. The van der Waals surface area contributed by atoms with Gasteiger partial charge in [0, 0.05) is 19.3 Å². The number of sulfonamides is 1. The highest BCUT2D eigenvalue weighted by molar-refractivity contribution is 7.89. The van der Waals surface area contributed by atoms with Crippen LogP contribution in [0.2, 0.25) is 0 Å². The van der Waals surface area contributed by atoms with Crippen LogP contribution in [0.25, 0.3) is 0 Å². The molecule has 0 N–H and O–H groups in total. The van der Waals surface area contributed by atoms with E-state index in [2.05, 4.69) is 4.98 Å². The van der Waals surface area contributed by atoms with E-state index in [1.54, 1.807) is 0 Å². The summed E-state index contributed by atoms with van der Waals surface area (Å²) in [6, 6.07) is 1.42. The standard InChI is InChI=1S/C12H17F3N2O2S/c1-4-9(5-2)17(3)20(18,19)10-6-7-11(16-8-10)12(13,14)15/h6-9H,4-5H2,1-3H3. The van der Waals surface area contributed by atoms with Crippen LogP contribution in [0.15, 0.2) is 23.2 Å². The SMILES string of the molecule is CCC(CC)N(C)S(=O)(=O)c1ccc(C(F)(F)F)nc1. The van der Waals surface area contributed by atoms with Gasteiger partial charge in [0.2, 0.25) is 10.0 Å². The number of pyridine rings is 1. The zero-order valence-electron chi connectivity index (χ0n) is 11.5. The molecular weight excluding hydrogens is 293 g/mol. The summed E-state index contributed by atoms with van der Waals surface area (Å²) in [5.74, 6) is 0. The Morgan fingerprint density at radius 3 is 2.15 bits per heavy atom. The first-order chi connectivity index (χ1) is 9.14. The Balaban J connectivity index is 3.11. The van der Waals surface area contributed by atoms with Gasteiger partial charge in [0.15, 0.2) is 0 Å².